The molecule has 0 aromatic heterocycles. The predicted molar refractivity (Wildman–Crippen MR) is 68.3 cm³/mol. The first kappa shape index (κ1) is 14.9. The molecule has 1 N–H and O–H groups in total. The van der Waals surface area contributed by atoms with E-state index in [0.29, 0.717) is 12.1 Å². The molecule has 0 radical (unpaired) electrons. The van der Waals surface area contributed by atoms with E-state index in [2.05, 4.69) is 0 Å². The molecule has 21 heavy (non-hydrogen) atoms. The Hall–Kier alpha value is -2.53. The highest BCUT2D eigenvalue weighted by Gasteiger charge is 2.18. The standard InChI is InChI=1S/C13H7F3N2O2S/c14-9-1-4-13(8(5-9)7-17)18-21(19,20)10-2-3-11(15)12(16)6-10/h1-6,18H. The Balaban J connectivity index is 2.42. The van der Waals surface area contributed by atoms with Gasteiger partial charge >= 0.3 is 0 Å². The van der Waals surface area contributed by atoms with Crippen molar-refractivity contribution in [2.75, 3.05) is 4.72 Å². The fourth-order valence-electron chi connectivity index (χ4n) is 1.55. The van der Waals surface area contributed by atoms with Gasteiger partial charge in [-0.25, -0.2) is 21.6 Å². The molecule has 0 saturated carbocycles. The minimum atomic E-state index is -4.23. The smallest absolute Gasteiger partial charge is 0.262 e. The van der Waals surface area contributed by atoms with E-state index in [1.54, 1.807) is 6.07 Å². The highest BCUT2D eigenvalue weighted by molar-refractivity contribution is 7.92. The second-order valence-electron chi connectivity index (χ2n) is 3.98. The lowest BCUT2D eigenvalue weighted by Crippen LogP contribution is -2.14. The Morgan fingerprint density at radius 3 is 2.33 bits per heavy atom. The highest BCUT2D eigenvalue weighted by Crippen LogP contribution is 2.21. The molecule has 8 heteroatoms. The van der Waals surface area contributed by atoms with Crippen LogP contribution in [-0.4, -0.2) is 8.42 Å². The van der Waals surface area contributed by atoms with Crippen molar-refractivity contribution in [2.24, 2.45) is 0 Å². The van der Waals surface area contributed by atoms with E-state index in [1.807, 2.05) is 4.72 Å². The Kier molecular flexibility index (Phi) is 3.86. The van der Waals surface area contributed by atoms with Crippen molar-refractivity contribution in [1.82, 2.24) is 0 Å². The first-order valence-corrected chi connectivity index (χ1v) is 6.99. The second-order valence-corrected chi connectivity index (χ2v) is 5.67. The van der Waals surface area contributed by atoms with Crippen LogP contribution in [0.15, 0.2) is 41.3 Å². The number of hydrogen-bond acceptors (Lipinski definition) is 3. The van der Waals surface area contributed by atoms with Crippen LogP contribution in [0.25, 0.3) is 0 Å². The molecule has 0 spiro atoms. The summed E-state index contributed by atoms with van der Waals surface area (Å²) in [5.74, 6) is -3.21. The summed E-state index contributed by atoms with van der Waals surface area (Å²) < 4.78 is 64.9. The van der Waals surface area contributed by atoms with Gasteiger partial charge in [-0.15, -0.1) is 0 Å². The number of anilines is 1. The molecule has 4 nitrogen and oxygen atoms in total. The topological polar surface area (TPSA) is 70.0 Å². The van der Waals surface area contributed by atoms with Gasteiger partial charge in [0.1, 0.15) is 11.9 Å². The predicted octanol–water partition coefficient (Wildman–Crippen LogP) is 2.78. The number of benzene rings is 2. The van der Waals surface area contributed by atoms with E-state index in [4.69, 9.17) is 5.26 Å². The lowest BCUT2D eigenvalue weighted by Gasteiger charge is -2.09. The minimum absolute atomic E-state index is 0.163. The third-order valence-corrected chi connectivity index (χ3v) is 3.91. The molecular weight excluding hydrogens is 305 g/mol. The number of nitrogens with zero attached hydrogens (tertiary/aromatic N) is 1. The van der Waals surface area contributed by atoms with E-state index in [-0.39, 0.29) is 11.3 Å². The molecule has 0 amide bonds. The van der Waals surface area contributed by atoms with E-state index in [1.165, 1.54) is 0 Å². The van der Waals surface area contributed by atoms with Crippen molar-refractivity contribution in [3.05, 3.63) is 59.4 Å². The van der Waals surface area contributed by atoms with Crippen molar-refractivity contribution in [1.29, 1.82) is 5.26 Å². The Morgan fingerprint density at radius 1 is 1.00 bits per heavy atom. The van der Waals surface area contributed by atoms with Crippen molar-refractivity contribution in [3.63, 3.8) is 0 Å². The Bertz CT molecular complexity index is 845. The fraction of sp³-hybridized carbons (Fsp3) is 0. The van der Waals surface area contributed by atoms with Crippen molar-refractivity contribution < 1.29 is 21.6 Å². The summed E-state index contributed by atoms with van der Waals surface area (Å²) in [6.07, 6.45) is 0. The van der Waals surface area contributed by atoms with E-state index < -0.39 is 32.4 Å². The first-order valence-electron chi connectivity index (χ1n) is 5.51. The van der Waals surface area contributed by atoms with Gasteiger partial charge in [-0.05, 0) is 36.4 Å². The zero-order chi connectivity index (χ0) is 15.6. The van der Waals surface area contributed by atoms with Gasteiger partial charge in [-0.3, -0.25) is 4.72 Å². The molecule has 0 aliphatic heterocycles. The maximum atomic E-state index is 13.1. The van der Waals surface area contributed by atoms with Gasteiger partial charge in [0.15, 0.2) is 11.6 Å². The Labute approximate surface area is 118 Å². The second kappa shape index (κ2) is 5.46. The summed E-state index contributed by atoms with van der Waals surface area (Å²) in [7, 11) is -4.23. The van der Waals surface area contributed by atoms with Gasteiger partial charge in [0, 0.05) is 0 Å². The molecule has 2 aromatic rings. The Morgan fingerprint density at radius 2 is 1.71 bits per heavy atom. The number of sulfonamides is 1. The molecule has 0 saturated heterocycles. The molecule has 0 aliphatic rings. The largest absolute Gasteiger partial charge is 0.278 e. The van der Waals surface area contributed by atoms with Crippen molar-refractivity contribution in [3.8, 4) is 6.07 Å². The van der Waals surface area contributed by atoms with E-state index in [9.17, 15) is 21.6 Å². The summed E-state index contributed by atoms with van der Waals surface area (Å²) in [6.45, 7) is 0. The summed E-state index contributed by atoms with van der Waals surface area (Å²) in [5.41, 5.74) is -0.398. The monoisotopic (exact) mass is 312 g/mol. The van der Waals surface area contributed by atoms with Crippen molar-refractivity contribution in [2.45, 2.75) is 4.90 Å². The zero-order valence-corrected chi connectivity index (χ0v) is 11.1. The number of rotatable bonds is 3. The maximum Gasteiger partial charge on any atom is 0.262 e. The van der Waals surface area contributed by atoms with Gasteiger partial charge in [-0.1, -0.05) is 0 Å². The zero-order valence-electron chi connectivity index (χ0n) is 10.3. The molecule has 0 fully saturated rings. The summed E-state index contributed by atoms with van der Waals surface area (Å²) in [6, 6.07) is 6.55. The van der Waals surface area contributed by atoms with Crippen LogP contribution in [-0.2, 0) is 10.0 Å². The van der Waals surface area contributed by atoms with Crippen LogP contribution >= 0.6 is 0 Å². The quantitative estimate of drug-likeness (QED) is 0.947. The van der Waals surface area contributed by atoms with Crippen molar-refractivity contribution >= 4 is 15.7 Å². The van der Waals surface area contributed by atoms with Gasteiger partial charge in [0.05, 0.1) is 16.1 Å². The average Bonchev–Trinajstić information content (AvgIpc) is 2.43. The van der Waals surface area contributed by atoms with Gasteiger partial charge in [0.2, 0.25) is 0 Å². The highest BCUT2D eigenvalue weighted by atomic mass is 32.2. The van der Waals surface area contributed by atoms with E-state index >= 15 is 0 Å². The molecular formula is C13H7F3N2O2S. The number of hydrogen-bond donors (Lipinski definition) is 1. The van der Waals surface area contributed by atoms with Crippen LogP contribution in [0.1, 0.15) is 5.56 Å². The third kappa shape index (κ3) is 3.14. The van der Waals surface area contributed by atoms with Crippen LogP contribution in [0.4, 0.5) is 18.9 Å². The minimum Gasteiger partial charge on any atom is -0.278 e. The fourth-order valence-corrected chi connectivity index (χ4v) is 2.64. The average molecular weight is 312 g/mol. The van der Waals surface area contributed by atoms with Gasteiger partial charge in [0.25, 0.3) is 10.0 Å². The molecule has 0 atom stereocenters. The van der Waals surface area contributed by atoms with Crippen LogP contribution in [0.3, 0.4) is 0 Å². The normalized spacial score (nSPS) is 11.0. The SMILES string of the molecule is N#Cc1cc(F)ccc1NS(=O)(=O)c1ccc(F)c(F)c1. The summed E-state index contributed by atoms with van der Waals surface area (Å²) in [4.78, 5) is -0.519. The molecule has 2 aromatic carbocycles. The van der Waals surface area contributed by atoms with Crippen LogP contribution < -0.4 is 4.72 Å². The lowest BCUT2D eigenvalue weighted by molar-refractivity contribution is 0.504. The lowest BCUT2D eigenvalue weighted by atomic mass is 10.2. The van der Waals surface area contributed by atoms with E-state index in [0.717, 1.165) is 24.3 Å². The number of nitrogens with one attached hydrogen (secondary N) is 1. The van der Waals surface area contributed by atoms with Gasteiger partial charge < -0.3 is 0 Å². The van der Waals surface area contributed by atoms with Crippen LogP contribution in [0.5, 0.6) is 0 Å². The molecule has 0 unspecified atom stereocenters. The summed E-state index contributed by atoms with van der Waals surface area (Å²) in [5, 5.41) is 8.83. The summed E-state index contributed by atoms with van der Waals surface area (Å²) >= 11 is 0. The molecule has 0 heterocycles. The number of nitriles is 1. The van der Waals surface area contributed by atoms with Crippen LogP contribution in [0.2, 0.25) is 0 Å². The van der Waals surface area contributed by atoms with Crippen LogP contribution in [0, 0.1) is 28.8 Å². The molecule has 0 bridgehead atoms. The third-order valence-electron chi connectivity index (χ3n) is 2.55. The molecule has 2 rings (SSSR count). The molecule has 108 valence electrons. The molecule has 0 aliphatic carbocycles. The van der Waals surface area contributed by atoms with Gasteiger partial charge in [-0.2, -0.15) is 5.26 Å². The first-order chi connectivity index (χ1) is 9.83. The number of halogens is 3. The maximum absolute atomic E-state index is 13.1.